The first-order valence-corrected chi connectivity index (χ1v) is 12.2. The first kappa shape index (κ1) is 23.2. The van der Waals surface area contributed by atoms with E-state index >= 15 is 0 Å². The second-order valence-corrected chi connectivity index (χ2v) is 10.8. The largest absolute Gasteiger partial charge is 0.458 e. The van der Waals surface area contributed by atoms with Crippen LogP contribution < -0.4 is 0 Å². The molecule has 0 aliphatic heterocycles. The second kappa shape index (κ2) is 8.11. The van der Waals surface area contributed by atoms with Crippen LogP contribution in [0.5, 0.6) is 0 Å². The summed E-state index contributed by atoms with van der Waals surface area (Å²) in [6, 6.07) is 0. The van der Waals surface area contributed by atoms with Gasteiger partial charge in [-0.3, -0.25) is 19.2 Å². The van der Waals surface area contributed by atoms with Gasteiger partial charge in [-0.05, 0) is 74.2 Å². The summed E-state index contributed by atoms with van der Waals surface area (Å²) in [5.41, 5.74) is -0.347. The summed E-state index contributed by atoms with van der Waals surface area (Å²) in [5, 5.41) is 0. The third kappa shape index (κ3) is 3.36. The molecule has 6 atom stereocenters. The van der Waals surface area contributed by atoms with E-state index in [9.17, 15) is 19.2 Å². The molecule has 0 radical (unpaired) electrons. The minimum atomic E-state index is -1.23. The van der Waals surface area contributed by atoms with Crippen LogP contribution in [0.3, 0.4) is 0 Å². The summed E-state index contributed by atoms with van der Waals surface area (Å²) in [6.07, 6.45) is 8.62. The zero-order chi connectivity index (χ0) is 23.3. The van der Waals surface area contributed by atoms with Crippen molar-refractivity contribution in [1.82, 2.24) is 0 Å². The molecule has 0 spiro atoms. The van der Waals surface area contributed by atoms with Crippen molar-refractivity contribution < 1.29 is 28.7 Å². The summed E-state index contributed by atoms with van der Waals surface area (Å²) in [6.45, 7) is 7.11. The fourth-order valence-electron chi connectivity index (χ4n) is 7.79. The van der Waals surface area contributed by atoms with Crippen molar-refractivity contribution in [1.29, 1.82) is 0 Å². The molecule has 4 aliphatic carbocycles. The minimum Gasteiger partial charge on any atom is -0.458 e. The summed E-state index contributed by atoms with van der Waals surface area (Å²) < 4.78 is 11.1. The average Bonchev–Trinajstić information content (AvgIpc) is 3.05. The molecule has 4 rings (SSSR count). The molecule has 6 nitrogen and oxygen atoms in total. The van der Waals surface area contributed by atoms with Gasteiger partial charge in [-0.1, -0.05) is 26.3 Å². The highest BCUT2D eigenvalue weighted by molar-refractivity contribution is 5.93. The minimum absolute atomic E-state index is 0.0469. The molecular formula is C26H36O6. The molecule has 0 saturated heterocycles. The highest BCUT2D eigenvalue weighted by Crippen LogP contribution is 2.68. The maximum absolute atomic E-state index is 13.5. The van der Waals surface area contributed by atoms with Gasteiger partial charge in [0.15, 0.2) is 18.0 Å². The number of fused-ring (bicyclic) bond motifs is 5. The number of carbonyl (C=O) groups excluding carboxylic acids is 4. The van der Waals surface area contributed by atoms with Gasteiger partial charge in [0, 0.05) is 25.2 Å². The zero-order valence-electron chi connectivity index (χ0n) is 19.8. The molecule has 0 heterocycles. The van der Waals surface area contributed by atoms with E-state index < -0.39 is 17.0 Å². The van der Waals surface area contributed by atoms with E-state index in [4.69, 9.17) is 9.47 Å². The number of rotatable bonds is 5. The smallest absolute Gasteiger partial charge is 0.306 e. The number of allylic oxidation sites excluding steroid dienone is 1. The fraction of sp³-hybridized carbons (Fsp3) is 0.769. The lowest BCUT2D eigenvalue weighted by Gasteiger charge is -2.59. The van der Waals surface area contributed by atoms with Gasteiger partial charge in [0.05, 0.1) is 0 Å². The number of hydrogen-bond acceptors (Lipinski definition) is 6. The summed E-state index contributed by atoms with van der Waals surface area (Å²) in [5.74, 6) is 0.260. The van der Waals surface area contributed by atoms with Crippen LogP contribution in [0.25, 0.3) is 0 Å². The van der Waals surface area contributed by atoms with Crippen LogP contribution in [0.1, 0.15) is 85.5 Å². The molecule has 0 N–H and O–H groups in total. The Morgan fingerprint density at radius 2 is 1.75 bits per heavy atom. The first-order valence-electron chi connectivity index (χ1n) is 12.2. The molecule has 4 aliphatic rings. The van der Waals surface area contributed by atoms with Crippen molar-refractivity contribution in [2.75, 3.05) is 6.61 Å². The van der Waals surface area contributed by atoms with Gasteiger partial charge in [-0.15, -0.1) is 0 Å². The van der Waals surface area contributed by atoms with Crippen molar-refractivity contribution in [3.8, 4) is 0 Å². The number of hydrogen-bond donors (Lipinski definition) is 0. The number of ether oxygens (including phenoxy) is 2. The molecule has 2 unspecified atom stereocenters. The molecular weight excluding hydrogens is 408 g/mol. The Morgan fingerprint density at radius 1 is 1.03 bits per heavy atom. The normalized spacial score (nSPS) is 40.4. The van der Waals surface area contributed by atoms with Crippen LogP contribution in [0.15, 0.2) is 11.6 Å². The van der Waals surface area contributed by atoms with Gasteiger partial charge in [0.25, 0.3) is 0 Å². The van der Waals surface area contributed by atoms with E-state index in [0.29, 0.717) is 24.7 Å². The van der Waals surface area contributed by atoms with Crippen molar-refractivity contribution in [2.45, 2.75) is 91.1 Å². The van der Waals surface area contributed by atoms with Crippen LogP contribution in [-0.4, -0.2) is 35.7 Å². The quantitative estimate of drug-likeness (QED) is 0.586. The molecule has 0 amide bonds. The number of Topliss-reactive ketones (excluding diaryl/α,β-unsaturated/α-hetero) is 1. The Hall–Kier alpha value is -1.98. The second-order valence-electron chi connectivity index (χ2n) is 10.8. The third-order valence-corrected chi connectivity index (χ3v) is 9.52. The molecule has 0 aromatic rings. The van der Waals surface area contributed by atoms with Gasteiger partial charge in [0.1, 0.15) is 0 Å². The highest BCUT2D eigenvalue weighted by Gasteiger charge is 2.68. The average molecular weight is 445 g/mol. The predicted octanol–water partition coefficient (Wildman–Crippen LogP) is 4.34. The van der Waals surface area contributed by atoms with E-state index in [0.717, 1.165) is 38.5 Å². The summed E-state index contributed by atoms with van der Waals surface area (Å²) in [7, 11) is 0. The van der Waals surface area contributed by atoms with E-state index in [1.54, 1.807) is 6.92 Å². The maximum atomic E-state index is 13.5. The number of esters is 2. The van der Waals surface area contributed by atoms with Crippen LogP contribution in [0, 0.1) is 28.6 Å². The van der Waals surface area contributed by atoms with Crippen molar-refractivity contribution in [3.63, 3.8) is 0 Å². The monoisotopic (exact) mass is 444 g/mol. The Balaban J connectivity index is 1.67. The van der Waals surface area contributed by atoms with Crippen LogP contribution in [-0.2, 0) is 28.7 Å². The lowest BCUT2D eigenvalue weighted by Crippen LogP contribution is -2.60. The van der Waals surface area contributed by atoms with Crippen LogP contribution in [0.4, 0.5) is 0 Å². The zero-order valence-corrected chi connectivity index (χ0v) is 19.8. The van der Waals surface area contributed by atoms with Crippen LogP contribution >= 0.6 is 0 Å². The van der Waals surface area contributed by atoms with Crippen molar-refractivity contribution in [3.05, 3.63) is 11.6 Å². The fourth-order valence-corrected chi connectivity index (χ4v) is 7.79. The van der Waals surface area contributed by atoms with Gasteiger partial charge in [-0.2, -0.15) is 0 Å². The molecule has 3 fully saturated rings. The summed E-state index contributed by atoms with van der Waals surface area (Å²) in [4.78, 5) is 49.4. The molecule has 6 heteroatoms. The Labute approximate surface area is 190 Å². The van der Waals surface area contributed by atoms with E-state index in [2.05, 4.69) is 13.8 Å². The molecule has 0 aromatic heterocycles. The maximum Gasteiger partial charge on any atom is 0.306 e. The Morgan fingerprint density at radius 3 is 2.44 bits per heavy atom. The van der Waals surface area contributed by atoms with Crippen molar-refractivity contribution >= 4 is 23.5 Å². The number of carbonyl (C=O) groups is 4. The SMILES string of the molecule is CCC(=O)O[C@]1(C(=O)COC(C)=O)CC[C@H]2[C@@H]3CCC4=CC(=O)CCC4(C)[C@H]3CCC21C. The predicted molar refractivity (Wildman–Crippen MR) is 117 cm³/mol. The lowest BCUT2D eigenvalue weighted by atomic mass is 9.46. The first-order chi connectivity index (χ1) is 15.1. The molecule has 0 aromatic carbocycles. The molecule has 176 valence electrons. The molecule has 0 bridgehead atoms. The van der Waals surface area contributed by atoms with E-state index in [1.807, 2.05) is 6.08 Å². The molecule has 32 heavy (non-hydrogen) atoms. The Bertz CT molecular complexity index is 874. The van der Waals surface area contributed by atoms with Crippen molar-refractivity contribution in [2.24, 2.45) is 28.6 Å². The van der Waals surface area contributed by atoms with Gasteiger partial charge >= 0.3 is 11.9 Å². The standard InChI is InChI=1S/C26H36O6/c1-5-23(30)32-26(22(29)15-31-16(2)27)13-10-21-19-7-6-17-14-18(28)8-11-24(17,3)20(19)9-12-25(21,26)4/h14,19-21H,5-13,15H2,1-4H3/t19-,20+,21+,24?,25?,26+/m1/s1. The van der Waals surface area contributed by atoms with Gasteiger partial charge in [-0.25, -0.2) is 0 Å². The van der Waals surface area contributed by atoms with E-state index in [-0.39, 0.29) is 41.9 Å². The van der Waals surface area contributed by atoms with E-state index in [1.165, 1.54) is 12.5 Å². The molecule has 3 saturated carbocycles. The van der Waals surface area contributed by atoms with Gasteiger partial charge < -0.3 is 9.47 Å². The topological polar surface area (TPSA) is 86.7 Å². The van der Waals surface area contributed by atoms with Crippen LogP contribution in [0.2, 0.25) is 0 Å². The Kier molecular flexibility index (Phi) is 5.87. The summed E-state index contributed by atoms with van der Waals surface area (Å²) >= 11 is 0. The lowest BCUT2D eigenvalue weighted by molar-refractivity contribution is -0.192. The highest BCUT2D eigenvalue weighted by atomic mass is 16.6. The van der Waals surface area contributed by atoms with Gasteiger partial charge in [0.2, 0.25) is 5.78 Å². The number of ketones is 2. The third-order valence-electron chi connectivity index (χ3n) is 9.52.